The van der Waals surface area contributed by atoms with Crippen molar-refractivity contribution in [3.8, 4) is 5.75 Å². The molecule has 23 heavy (non-hydrogen) atoms. The third-order valence-electron chi connectivity index (χ3n) is 3.15. The van der Waals surface area contributed by atoms with Gasteiger partial charge in [-0.1, -0.05) is 19.8 Å². The average Bonchev–Trinajstić information content (AvgIpc) is 2.59. The summed E-state index contributed by atoms with van der Waals surface area (Å²) < 4.78 is 21.8. The zero-order chi connectivity index (χ0) is 16.6. The van der Waals surface area contributed by atoms with Crippen LogP contribution in [0.25, 0.3) is 0 Å². The van der Waals surface area contributed by atoms with Crippen LogP contribution in [0.1, 0.15) is 36.5 Å². The van der Waals surface area contributed by atoms with Crippen LogP contribution in [-0.2, 0) is 14.2 Å². The van der Waals surface area contributed by atoms with Gasteiger partial charge >= 0.3 is 0 Å². The Labute approximate surface area is 138 Å². The van der Waals surface area contributed by atoms with E-state index in [2.05, 4.69) is 6.92 Å². The fourth-order valence-electron chi connectivity index (χ4n) is 1.86. The lowest BCUT2D eigenvalue weighted by Gasteiger charge is -2.08. The lowest BCUT2D eigenvalue weighted by atomic mass is 10.2. The number of ether oxygens (including phenoxy) is 4. The van der Waals surface area contributed by atoms with E-state index < -0.39 is 0 Å². The maximum Gasteiger partial charge on any atom is 0.150 e. The van der Waals surface area contributed by atoms with Crippen LogP contribution >= 0.6 is 0 Å². The summed E-state index contributed by atoms with van der Waals surface area (Å²) in [4.78, 5) is 10.5. The van der Waals surface area contributed by atoms with E-state index in [1.807, 2.05) is 0 Å². The zero-order valence-electron chi connectivity index (χ0n) is 14.0. The van der Waals surface area contributed by atoms with Gasteiger partial charge in [0.15, 0.2) is 0 Å². The van der Waals surface area contributed by atoms with Gasteiger partial charge in [0.05, 0.1) is 33.0 Å². The number of carbonyl (C=O) groups is 1. The summed E-state index contributed by atoms with van der Waals surface area (Å²) in [5.74, 6) is 0.732. The first-order chi connectivity index (χ1) is 11.4. The zero-order valence-corrected chi connectivity index (χ0v) is 14.0. The molecule has 0 aliphatic heterocycles. The molecular formula is C18H28O5. The second-order valence-electron chi connectivity index (χ2n) is 5.08. The molecule has 0 atom stereocenters. The number of carbonyl (C=O) groups excluding carboxylic acids is 1. The van der Waals surface area contributed by atoms with E-state index in [4.69, 9.17) is 18.9 Å². The molecule has 0 heterocycles. The van der Waals surface area contributed by atoms with Crippen molar-refractivity contribution in [2.45, 2.75) is 26.2 Å². The summed E-state index contributed by atoms with van der Waals surface area (Å²) in [5.41, 5.74) is 0.639. The SMILES string of the molecule is CCCCCOCCOCCOCCOc1ccc(C=O)cc1. The molecule has 0 aromatic heterocycles. The second kappa shape index (κ2) is 14.2. The average molecular weight is 324 g/mol. The number of aldehydes is 1. The summed E-state index contributed by atoms with van der Waals surface area (Å²) in [6.45, 7) is 6.33. The van der Waals surface area contributed by atoms with E-state index >= 15 is 0 Å². The highest BCUT2D eigenvalue weighted by Gasteiger charge is 1.95. The first-order valence-electron chi connectivity index (χ1n) is 8.28. The fraction of sp³-hybridized carbons (Fsp3) is 0.611. The standard InChI is InChI=1S/C18H28O5/c1-2-3-4-9-20-10-11-21-12-13-22-14-15-23-18-7-5-17(16-19)6-8-18/h5-8,16H,2-4,9-15H2,1H3. The van der Waals surface area contributed by atoms with Crippen molar-refractivity contribution in [1.29, 1.82) is 0 Å². The van der Waals surface area contributed by atoms with Crippen LogP contribution in [0.2, 0.25) is 0 Å². The van der Waals surface area contributed by atoms with Crippen molar-refractivity contribution in [2.75, 3.05) is 46.2 Å². The number of rotatable bonds is 15. The first-order valence-corrected chi connectivity index (χ1v) is 8.28. The summed E-state index contributed by atoms with van der Waals surface area (Å²) in [7, 11) is 0. The van der Waals surface area contributed by atoms with Gasteiger partial charge in [-0.15, -0.1) is 0 Å². The molecule has 0 aliphatic rings. The minimum Gasteiger partial charge on any atom is -0.491 e. The molecule has 0 aliphatic carbocycles. The Balaban J connectivity index is 1.83. The maximum absolute atomic E-state index is 10.5. The van der Waals surface area contributed by atoms with E-state index in [0.29, 0.717) is 45.2 Å². The number of benzene rings is 1. The molecule has 0 radical (unpaired) electrons. The third kappa shape index (κ3) is 10.8. The van der Waals surface area contributed by atoms with Gasteiger partial charge in [-0.3, -0.25) is 4.79 Å². The van der Waals surface area contributed by atoms with E-state index in [0.717, 1.165) is 25.1 Å². The van der Waals surface area contributed by atoms with Gasteiger partial charge in [-0.2, -0.15) is 0 Å². The van der Waals surface area contributed by atoms with Crippen molar-refractivity contribution in [3.63, 3.8) is 0 Å². The fourth-order valence-corrected chi connectivity index (χ4v) is 1.86. The summed E-state index contributed by atoms with van der Waals surface area (Å²) >= 11 is 0. The van der Waals surface area contributed by atoms with E-state index in [1.165, 1.54) is 12.8 Å². The first kappa shape index (κ1) is 19.6. The van der Waals surface area contributed by atoms with Gasteiger partial charge in [-0.25, -0.2) is 0 Å². The Morgan fingerprint density at radius 1 is 0.783 bits per heavy atom. The minimum absolute atomic E-state index is 0.473. The van der Waals surface area contributed by atoms with Gasteiger partial charge in [0.25, 0.3) is 0 Å². The van der Waals surface area contributed by atoms with Crippen LogP contribution in [0.4, 0.5) is 0 Å². The van der Waals surface area contributed by atoms with Crippen LogP contribution < -0.4 is 4.74 Å². The minimum atomic E-state index is 0.473. The van der Waals surface area contributed by atoms with E-state index in [9.17, 15) is 4.79 Å². The van der Waals surface area contributed by atoms with Gasteiger partial charge < -0.3 is 18.9 Å². The Hall–Kier alpha value is -1.43. The molecule has 5 heteroatoms. The molecular weight excluding hydrogens is 296 g/mol. The van der Waals surface area contributed by atoms with Crippen molar-refractivity contribution >= 4 is 6.29 Å². The highest BCUT2D eigenvalue weighted by Crippen LogP contribution is 2.10. The topological polar surface area (TPSA) is 54.0 Å². The lowest BCUT2D eigenvalue weighted by Crippen LogP contribution is -2.13. The summed E-state index contributed by atoms with van der Waals surface area (Å²) in [6, 6.07) is 6.99. The van der Waals surface area contributed by atoms with Crippen molar-refractivity contribution in [1.82, 2.24) is 0 Å². The Morgan fingerprint density at radius 3 is 1.91 bits per heavy atom. The van der Waals surface area contributed by atoms with E-state index in [1.54, 1.807) is 24.3 Å². The number of hydrogen-bond acceptors (Lipinski definition) is 5. The largest absolute Gasteiger partial charge is 0.491 e. The molecule has 0 spiro atoms. The Bertz CT molecular complexity index is 391. The molecule has 0 saturated heterocycles. The number of unbranched alkanes of at least 4 members (excludes halogenated alkanes) is 2. The summed E-state index contributed by atoms with van der Waals surface area (Å²) in [5, 5.41) is 0. The third-order valence-corrected chi connectivity index (χ3v) is 3.15. The van der Waals surface area contributed by atoms with Crippen molar-refractivity contribution in [3.05, 3.63) is 29.8 Å². The molecule has 1 aromatic carbocycles. The highest BCUT2D eigenvalue weighted by atomic mass is 16.6. The van der Waals surface area contributed by atoms with Gasteiger partial charge in [0, 0.05) is 12.2 Å². The molecule has 0 amide bonds. The molecule has 1 aromatic rings. The molecule has 0 saturated carbocycles. The van der Waals surface area contributed by atoms with Crippen LogP contribution in [0, 0.1) is 0 Å². The lowest BCUT2D eigenvalue weighted by molar-refractivity contribution is 0.00882. The van der Waals surface area contributed by atoms with E-state index in [-0.39, 0.29) is 0 Å². The highest BCUT2D eigenvalue weighted by molar-refractivity contribution is 5.74. The molecule has 5 nitrogen and oxygen atoms in total. The Kier molecular flexibility index (Phi) is 12.1. The van der Waals surface area contributed by atoms with Crippen LogP contribution in [0.3, 0.4) is 0 Å². The summed E-state index contributed by atoms with van der Waals surface area (Å²) in [6.07, 6.45) is 4.36. The maximum atomic E-state index is 10.5. The molecule has 0 bridgehead atoms. The number of hydrogen-bond donors (Lipinski definition) is 0. The van der Waals surface area contributed by atoms with Gasteiger partial charge in [0.2, 0.25) is 0 Å². The van der Waals surface area contributed by atoms with Gasteiger partial charge in [-0.05, 0) is 30.7 Å². The normalized spacial score (nSPS) is 10.7. The quantitative estimate of drug-likeness (QED) is 0.366. The molecule has 130 valence electrons. The predicted octanol–water partition coefficient (Wildman–Crippen LogP) is 3.12. The molecule has 0 unspecified atom stereocenters. The molecule has 0 fully saturated rings. The molecule has 0 N–H and O–H groups in total. The van der Waals surface area contributed by atoms with Crippen molar-refractivity contribution in [2.24, 2.45) is 0 Å². The van der Waals surface area contributed by atoms with Crippen LogP contribution in [-0.4, -0.2) is 52.5 Å². The van der Waals surface area contributed by atoms with Crippen molar-refractivity contribution < 1.29 is 23.7 Å². The van der Waals surface area contributed by atoms with Crippen LogP contribution in [0.5, 0.6) is 5.75 Å². The molecule has 1 rings (SSSR count). The predicted molar refractivity (Wildman–Crippen MR) is 89.3 cm³/mol. The second-order valence-corrected chi connectivity index (χ2v) is 5.08. The van der Waals surface area contributed by atoms with Gasteiger partial charge in [0.1, 0.15) is 18.6 Å². The Morgan fingerprint density at radius 2 is 1.35 bits per heavy atom. The van der Waals surface area contributed by atoms with Crippen LogP contribution in [0.15, 0.2) is 24.3 Å². The monoisotopic (exact) mass is 324 g/mol. The smallest absolute Gasteiger partial charge is 0.150 e.